The molecule has 0 radical (unpaired) electrons. The van der Waals surface area contributed by atoms with Crippen LogP contribution in [0, 0.1) is 0 Å². The molecular weight excluding hydrogens is 432 g/mol. The largest absolute Gasteiger partial charge is 0.491 e. The van der Waals surface area contributed by atoms with Crippen LogP contribution in [0.25, 0.3) is 0 Å². The van der Waals surface area contributed by atoms with E-state index < -0.39 is 40.0 Å². The van der Waals surface area contributed by atoms with E-state index in [1.54, 1.807) is 0 Å². The topological polar surface area (TPSA) is 146 Å². The van der Waals surface area contributed by atoms with Gasteiger partial charge in [-0.25, -0.2) is 18.7 Å². The van der Waals surface area contributed by atoms with E-state index >= 15 is 0 Å². The normalized spacial score (nSPS) is 22.3. The van der Waals surface area contributed by atoms with Gasteiger partial charge in [-0.3, -0.25) is 19.7 Å². The third kappa shape index (κ3) is 4.49. The Balaban J connectivity index is 1.84. The number of likely N-dealkylation sites (N-methyl/N-ethyl adjacent to an activating group) is 1. The number of nitrogens with one attached hydrogen (secondary N) is 1. The minimum atomic E-state index is -4.18. The second-order valence-electron chi connectivity index (χ2n) is 7.17. The number of carbonyl (C=O) groups is 3. The molecule has 0 spiro atoms. The van der Waals surface area contributed by atoms with Crippen molar-refractivity contribution >= 4 is 27.9 Å². The molecule has 13 heteroatoms. The molecule has 0 bridgehead atoms. The van der Waals surface area contributed by atoms with Crippen LogP contribution in [0.5, 0.6) is 5.75 Å². The van der Waals surface area contributed by atoms with E-state index in [4.69, 9.17) is 14.7 Å². The minimum Gasteiger partial charge on any atom is -0.491 e. The van der Waals surface area contributed by atoms with Gasteiger partial charge in [0, 0.05) is 20.7 Å². The number of benzene rings is 1. The van der Waals surface area contributed by atoms with Gasteiger partial charge in [-0.1, -0.05) is 0 Å². The van der Waals surface area contributed by atoms with Crippen molar-refractivity contribution in [3.8, 4) is 5.75 Å². The molecule has 170 valence electrons. The summed E-state index contributed by atoms with van der Waals surface area (Å²) >= 11 is 0. The van der Waals surface area contributed by atoms with Crippen molar-refractivity contribution in [1.82, 2.24) is 19.6 Å². The van der Waals surface area contributed by atoms with E-state index in [-0.39, 0.29) is 24.4 Å². The average Bonchev–Trinajstić information content (AvgIpc) is 3.29. The fourth-order valence-electron chi connectivity index (χ4n) is 3.63. The molecule has 12 nitrogen and oxygen atoms in total. The number of ether oxygens (including phenoxy) is 2. The van der Waals surface area contributed by atoms with Gasteiger partial charge < -0.3 is 14.4 Å². The maximum Gasteiger partial charge on any atom is 0.327 e. The Morgan fingerprint density at radius 2 is 1.90 bits per heavy atom. The number of nitrogens with zero attached hydrogens (tertiary/aromatic N) is 3. The number of sulfonamides is 1. The Hall–Kier alpha value is -2.74. The molecule has 1 aromatic rings. The molecule has 2 heterocycles. The number of hydrogen-bond acceptors (Lipinski definition) is 8. The van der Waals surface area contributed by atoms with Crippen molar-refractivity contribution in [3.05, 3.63) is 24.3 Å². The Labute approximate surface area is 179 Å². The zero-order valence-corrected chi connectivity index (χ0v) is 17.9. The lowest BCUT2D eigenvalue weighted by molar-refractivity contribution is -0.132. The first kappa shape index (κ1) is 22.9. The van der Waals surface area contributed by atoms with Crippen LogP contribution in [0.4, 0.5) is 4.79 Å². The van der Waals surface area contributed by atoms with Gasteiger partial charge in [0.25, 0.3) is 11.8 Å². The summed E-state index contributed by atoms with van der Waals surface area (Å²) in [7, 11) is -1.19. The van der Waals surface area contributed by atoms with Crippen molar-refractivity contribution in [2.45, 2.75) is 23.4 Å². The first-order valence-corrected chi connectivity index (χ1v) is 10.9. The monoisotopic (exact) mass is 456 g/mol. The lowest BCUT2D eigenvalue weighted by Gasteiger charge is -2.23. The van der Waals surface area contributed by atoms with E-state index in [9.17, 15) is 22.8 Å². The van der Waals surface area contributed by atoms with E-state index in [2.05, 4.69) is 0 Å². The maximum atomic E-state index is 13.2. The van der Waals surface area contributed by atoms with Crippen LogP contribution in [0.2, 0.25) is 0 Å². The van der Waals surface area contributed by atoms with Gasteiger partial charge in [0.2, 0.25) is 10.0 Å². The van der Waals surface area contributed by atoms with Gasteiger partial charge in [-0.2, -0.15) is 4.31 Å². The van der Waals surface area contributed by atoms with Crippen molar-refractivity contribution in [2.75, 3.05) is 40.5 Å². The summed E-state index contributed by atoms with van der Waals surface area (Å²) in [5, 5.41) is 9.08. The van der Waals surface area contributed by atoms with Crippen molar-refractivity contribution in [1.29, 1.82) is 0 Å². The summed E-state index contributed by atoms with van der Waals surface area (Å²) in [6, 6.07) is 2.93. The second-order valence-corrected chi connectivity index (χ2v) is 9.06. The number of rotatable bonds is 8. The highest BCUT2D eigenvalue weighted by Crippen LogP contribution is 2.31. The molecule has 2 aliphatic heterocycles. The molecular formula is C18H24N4O8S. The van der Waals surface area contributed by atoms with Crippen LogP contribution in [-0.2, 0) is 24.3 Å². The molecule has 31 heavy (non-hydrogen) atoms. The van der Waals surface area contributed by atoms with E-state index in [1.807, 2.05) is 0 Å². The van der Waals surface area contributed by atoms with Crippen molar-refractivity contribution in [2.24, 2.45) is 0 Å². The predicted octanol–water partition coefficient (Wildman–Crippen LogP) is -0.757. The van der Waals surface area contributed by atoms with Crippen LogP contribution in [-0.4, -0.2) is 98.1 Å². The smallest absolute Gasteiger partial charge is 0.327 e. The molecule has 2 N–H and O–H groups in total. The maximum absolute atomic E-state index is 13.2. The van der Waals surface area contributed by atoms with E-state index in [0.717, 1.165) is 9.21 Å². The SMILES string of the molecule is COCCOc1ccc(S(=O)(=O)N2C[C@@H](N3C(=O)CN(C)C3=O)C[C@@H]2C(=O)NO)cc1. The first-order chi connectivity index (χ1) is 14.7. The average molecular weight is 456 g/mol. The third-order valence-electron chi connectivity index (χ3n) is 5.17. The summed E-state index contributed by atoms with van der Waals surface area (Å²) in [6.07, 6.45) is -0.130. The lowest BCUT2D eigenvalue weighted by atomic mass is 10.1. The number of methoxy groups -OCH3 is 1. The highest BCUT2D eigenvalue weighted by Gasteiger charge is 2.50. The number of imide groups is 1. The molecule has 0 aliphatic carbocycles. The zero-order valence-electron chi connectivity index (χ0n) is 17.1. The molecule has 3 rings (SSSR count). The molecule has 2 aliphatic rings. The Morgan fingerprint density at radius 1 is 1.23 bits per heavy atom. The van der Waals surface area contributed by atoms with Gasteiger partial charge in [-0.05, 0) is 30.7 Å². The molecule has 0 saturated carbocycles. The quantitative estimate of drug-likeness (QED) is 0.225. The molecule has 4 amide bonds. The summed E-state index contributed by atoms with van der Waals surface area (Å²) in [5.41, 5.74) is 1.46. The Kier molecular flexibility index (Phi) is 6.79. The second kappa shape index (κ2) is 9.18. The van der Waals surface area contributed by atoms with Crippen molar-refractivity contribution in [3.63, 3.8) is 0 Å². The van der Waals surface area contributed by atoms with Gasteiger partial charge in [0.05, 0.1) is 17.5 Å². The number of amides is 4. The Bertz CT molecular complexity index is 952. The number of hydroxylamine groups is 1. The van der Waals surface area contributed by atoms with Gasteiger partial charge in [-0.15, -0.1) is 0 Å². The molecule has 2 atom stereocenters. The Morgan fingerprint density at radius 3 is 2.45 bits per heavy atom. The summed E-state index contributed by atoms with van der Waals surface area (Å²) < 4.78 is 37.7. The minimum absolute atomic E-state index is 0.0980. The number of carbonyl (C=O) groups excluding carboxylic acids is 3. The molecule has 2 saturated heterocycles. The molecule has 0 aromatic heterocycles. The summed E-state index contributed by atoms with van der Waals surface area (Å²) in [5.74, 6) is -0.980. The molecule has 0 unspecified atom stereocenters. The van der Waals surface area contributed by atoms with Crippen LogP contribution < -0.4 is 10.2 Å². The van der Waals surface area contributed by atoms with Gasteiger partial charge in [0.1, 0.15) is 24.9 Å². The summed E-state index contributed by atoms with van der Waals surface area (Å²) in [6.45, 7) is 0.277. The van der Waals surface area contributed by atoms with E-state index in [0.29, 0.717) is 19.0 Å². The van der Waals surface area contributed by atoms with Gasteiger partial charge in [0.15, 0.2) is 0 Å². The number of hydrogen-bond donors (Lipinski definition) is 2. The predicted molar refractivity (Wildman–Crippen MR) is 105 cm³/mol. The lowest BCUT2D eigenvalue weighted by Crippen LogP contribution is -2.45. The van der Waals surface area contributed by atoms with Crippen LogP contribution in [0.1, 0.15) is 6.42 Å². The zero-order chi connectivity index (χ0) is 22.8. The standard InChI is InChI=1S/C18H24N4O8S/c1-20-11-16(23)22(18(20)25)12-9-15(17(24)19-26)21(10-12)31(27,28)14-5-3-13(4-6-14)30-8-7-29-2/h3-6,12,15,26H,7-11H2,1-2H3,(H,19,24)/t12-,15+/m0/s1. The third-order valence-corrected chi connectivity index (χ3v) is 7.06. The highest BCUT2D eigenvalue weighted by atomic mass is 32.2. The highest BCUT2D eigenvalue weighted by molar-refractivity contribution is 7.89. The molecule has 1 aromatic carbocycles. The number of urea groups is 1. The van der Waals surface area contributed by atoms with E-state index in [1.165, 1.54) is 48.8 Å². The van der Waals surface area contributed by atoms with Crippen molar-refractivity contribution < 1.29 is 37.5 Å². The summed E-state index contributed by atoms with van der Waals surface area (Å²) in [4.78, 5) is 38.8. The van der Waals surface area contributed by atoms with Crippen LogP contribution in [0.15, 0.2) is 29.2 Å². The first-order valence-electron chi connectivity index (χ1n) is 9.45. The molecule has 2 fully saturated rings. The van der Waals surface area contributed by atoms with Gasteiger partial charge >= 0.3 is 6.03 Å². The van der Waals surface area contributed by atoms with Crippen LogP contribution >= 0.6 is 0 Å². The fourth-order valence-corrected chi connectivity index (χ4v) is 5.27. The fraction of sp³-hybridized carbons (Fsp3) is 0.500. The van der Waals surface area contributed by atoms with Crippen LogP contribution in [0.3, 0.4) is 0 Å².